The van der Waals surface area contributed by atoms with Crippen LogP contribution in [-0.4, -0.2) is 54.8 Å². The summed E-state index contributed by atoms with van der Waals surface area (Å²) in [5.41, 5.74) is -0.775. The molecule has 0 aromatic heterocycles. The van der Waals surface area contributed by atoms with Crippen molar-refractivity contribution < 1.29 is 28.7 Å². The standard InChI is InChI=1S/C20H27NO6/c1-5-8-17(23)16-11-9-15(10-12-16)13-20(21(4)14-22,18(24)26-6-2)19(25)27-7-3/h9-12,14H,5-8,13H2,1-4H3. The second-order valence-corrected chi connectivity index (χ2v) is 6.06. The van der Waals surface area contributed by atoms with Gasteiger partial charge in [0.1, 0.15) is 0 Å². The maximum atomic E-state index is 12.7. The number of Topliss-reactive ketones (excluding diaryl/α,β-unsaturated/α-hetero) is 1. The summed E-state index contributed by atoms with van der Waals surface area (Å²) < 4.78 is 10.1. The first-order valence-corrected chi connectivity index (χ1v) is 9.02. The molecule has 148 valence electrons. The van der Waals surface area contributed by atoms with Gasteiger partial charge in [0.2, 0.25) is 11.9 Å². The molecule has 1 aromatic rings. The van der Waals surface area contributed by atoms with Gasteiger partial charge in [-0.05, 0) is 25.8 Å². The smallest absolute Gasteiger partial charge is 0.344 e. The first-order chi connectivity index (χ1) is 12.9. The Balaban J connectivity index is 3.30. The van der Waals surface area contributed by atoms with Crippen molar-refractivity contribution in [3.63, 3.8) is 0 Å². The molecule has 0 N–H and O–H groups in total. The second-order valence-electron chi connectivity index (χ2n) is 6.06. The van der Waals surface area contributed by atoms with Crippen LogP contribution in [0.1, 0.15) is 49.5 Å². The highest BCUT2D eigenvalue weighted by Gasteiger charge is 2.52. The molecule has 0 aliphatic carbocycles. The zero-order chi connectivity index (χ0) is 20.4. The van der Waals surface area contributed by atoms with Gasteiger partial charge in [-0.25, -0.2) is 9.59 Å². The van der Waals surface area contributed by atoms with Crippen molar-refractivity contribution in [2.45, 2.75) is 45.6 Å². The quantitative estimate of drug-likeness (QED) is 0.254. The van der Waals surface area contributed by atoms with Crippen molar-refractivity contribution in [1.29, 1.82) is 0 Å². The summed E-state index contributed by atoms with van der Waals surface area (Å²) in [5.74, 6) is -1.69. The molecule has 0 fully saturated rings. The molecule has 1 amide bonds. The lowest BCUT2D eigenvalue weighted by molar-refractivity contribution is -0.175. The van der Waals surface area contributed by atoms with E-state index < -0.39 is 17.5 Å². The van der Waals surface area contributed by atoms with Crippen LogP contribution in [0.2, 0.25) is 0 Å². The van der Waals surface area contributed by atoms with E-state index >= 15 is 0 Å². The number of benzene rings is 1. The summed E-state index contributed by atoms with van der Waals surface area (Å²) in [5, 5.41) is 0. The third-order valence-corrected chi connectivity index (χ3v) is 4.20. The number of nitrogens with zero attached hydrogens (tertiary/aromatic N) is 1. The first kappa shape index (κ1) is 22.3. The third kappa shape index (κ3) is 5.15. The summed E-state index contributed by atoms with van der Waals surface area (Å²) in [7, 11) is 1.33. The Morgan fingerprint density at radius 3 is 1.93 bits per heavy atom. The zero-order valence-electron chi connectivity index (χ0n) is 16.3. The summed E-state index contributed by atoms with van der Waals surface area (Å²) in [4.78, 5) is 49.7. The minimum absolute atomic E-state index is 0.0242. The molecular formula is C20H27NO6. The molecule has 0 radical (unpaired) electrons. The summed E-state index contributed by atoms with van der Waals surface area (Å²) >= 11 is 0. The van der Waals surface area contributed by atoms with Gasteiger partial charge in [0.25, 0.3) is 0 Å². The van der Waals surface area contributed by atoms with Gasteiger partial charge in [-0.15, -0.1) is 0 Å². The SMILES string of the molecule is CCCC(=O)c1ccc(CC(C(=O)OCC)(C(=O)OCC)N(C)C=O)cc1. The van der Waals surface area contributed by atoms with E-state index in [9.17, 15) is 19.2 Å². The average Bonchev–Trinajstić information content (AvgIpc) is 2.66. The Bertz CT molecular complexity index is 650. The maximum Gasteiger partial charge on any atom is 0.344 e. The van der Waals surface area contributed by atoms with Crippen LogP contribution in [-0.2, 0) is 30.3 Å². The van der Waals surface area contributed by atoms with Crippen molar-refractivity contribution >= 4 is 24.1 Å². The monoisotopic (exact) mass is 377 g/mol. The number of ether oxygens (including phenoxy) is 2. The Labute approximate surface area is 159 Å². The number of amides is 1. The molecule has 0 aliphatic rings. The molecule has 0 saturated heterocycles. The number of rotatable bonds is 11. The van der Waals surface area contributed by atoms with Crippen LogP contribution >= 0.6 is 0 Å². The molecule has 0 atom stereocenters. The topological polar surface area (TPSA) is 90.0 Å². The van der Waals surface area contributed by atoms with E-state index in [4.69, 9.17) is 9.47 Å². The summed E-state index contributed by atoms with van der Waals surface area (Å²) in [6.45, 7) is 5.26. The molecule has 0 aliphatic heterocycles. The minimum atomic E-state index is -1.93. The Morgan fingerprint density at radius 2 is 1.52 bits per heavy atom. The van der Waals surface area contributed by atoms with Crippen molar-refractivity contribution in [1.82, 2.24) is 4.90 Å². The molecule has 0 saturated carbocycles. The number of hydrogen-bond donors (Lipinski definition) is 0. The van der Waals surface area contributed by atoms with Crippen LogP contribution in [0.15, 0.2) is 24.3 Å². The molecule has 1 rings (SSSR count). The van der Waals surface area contributed by atoms with Crippen LogP contribution < -0.4 is 0 Å². The molecule has 0 spiro atoms. The normalized spacial score (nSPS) is 10.8. The van der Waals surface area contributed by atoms with Gasteiger partial charge in [-0.3, -0.25) is 9.59 Å². The lowest BCUT2D eigenvalue weighted by Gasteiger charge is -2.35. The van der Waals surface area contributed by atoms with Gasteiger partial charge >= 0.3 is 11.9 Å². The summed E-state index contributed by atoms with van der Waals surface area (Å²) in [6.07, 6.45) is 1.47. The van der Waals surface area contributed by atoms with Gasteiger partial charge in [-0.1, -0.05) is 31.2 Å². The largest absolute Gasteiger partial charge is 0.464 e. The molecule has 7 nitrogen and oxygen atoms in total. The molecule has 0 unspecified atom stereocenters. The van der Waals surface area contributed by atoms with Gasteiger partial charge in [-0.2, -0.15) is 0 Å². The average molecular weight is 377 g/mol. The third-order valence-electron chi connectivity index (χ3n) is 4.20. The molecular weight excluding hydrogens is 350 g/mol. The Hall–Kier alpha value is -2.70. The van der Waals surface area contributed by atoms with Gasteiger partial charge in [0, 0.05) is 25.5 Å². The van der Waals surface area contributed by atoms with Crippen LogP contribution in [0, 0.1) is 0 Å². The van der Waals surface area contributed by atoms with Crippen molar-refractivity contribution in [2.75, 3.05) is 20.3 Å². The number of carbonyl (C=O) groups is 4. The fraction of sp³-hybridized carbons (Fsp3) is 0.500. The van der Waals surface area contributed by atoms with E-state index in [2.05, 4.69) is 0 Å². The van der Waals surface area contributed by atoms with E-state index in [1.165, 1.54) is 7.05 Å². The van der Waals surface area contributed by atoms with Crippen LogP contribution in [0.3, 0.4) is 0 Å². The number of esters is 2. The maximum absolute atomic E-state index is 12.7. The zero-order valence-corrected chi connectivity index (χ0v) is 16.3. The van der Waals surface area contributed by atoms with Gasteiger partial charge in [0.05, 0.1) is 13.2 Å². The van der Waals surface area contributed by atoms with E-state index in [0.29, 0.717) is 24.0 Å². The van der Waals surface area contributed by atoms with Crippen molar-refractivity contribution in [3.05, 3.63) is 35.4 Å². The molecule has 7 heteroatoms. The molecule has 0 heterocycles. The number of ketones is 1. The molecule has 27 heavy (non-hydrogen) atoms. The van der Waals surface area contributed by atoms with E-state index in [1.54, 1.807) is 38.1 Å². The van der Waals surface area contributed by atoms with Gasteiger partial charge in [0.15, 0.2) is 5.78 Å². The lowest BCUT2D eigenvalue weighted by Crippen LogP contribution is -2.61. The molecule has 1 aromatic carbocycles. The second kappa shape index (κ2) is 10.4. The van der Waals surface area contributed by atoms with Gasteiger partial charge < -0.3 is 14.4 Å². The van der Waals surface area contributed by atoms with Crippen molar-refractivity contribution in [3.8, 4) is 0 Å². The van der Waals surface area contributed by atoms with Crippen LogP contribution in [0.25, 0.3) is 0 Å². The van der Waals surface area contributed by atoms with Crippen LogP contribution in [0.5, 0.6) is 0 Å². The van der Waals surface area contributed by atoms with Crippen LogP contribution in [0.4, 0.5) is 0 Å². The summed E-state index contributed by atoms with van der Waals surface area (Å²) in [6, 6.07) is 6.62. The van der Waals surface area contributed by atoms with Crippen molar-refractivity contribution in [2.24, 2.45) is 0 Å². The predicted octanol–water partition coefficient (Wildman–Crippen LogP) is 2.17. The fourth-order valence-corrected chi connectivity index (χ4v) is 2.71. The molecule has 0 bridgehead atoms. The fourth-order valence-electron chi connectivity index (χ4n) is 2.71. The predicted molar refractivity (Wildman–Crippen MR) is 99.2 cm³/mol. The van der Waals surface area contributed by atoms with E-state index in [1.807, 2.05) is 6.92 Å². The van der Waals surface area contributed by atoms with E-state index in [-0.39, 0.29) is 25.4 Å². The number of hydrogen-bond acceptors (Lipinski definition) is 6. The Kier molecular flexibility index (Phi) is 8.65. The number of carbonyl (C=O) groups excluding carboxylic acids is 4. The highest BCUT2D eigenvalue weighted by Crippen LogP contribution is 2.24. The highest BCUT2D eigenvalue weighted by molar-refractivity contribution is 6.06. The minimum Gasteiger partial charge on any atom is -0.464 e. The lowest BCUT2D eigenvalue weighted by atomic mass is 9.88. The van der Waals surface area contributed by atoms with E-state index in [0.717, 1.165) is 11.3 Å². The Morgan fingerprint density at radius 1 is 1.00 bits per heavy atom. The highest BCUT2D eigenvalue weighted by atomic mass is 16.6. The first-order valence-electron chi connectivity index (χ1n) is 9.02. The number of likely N-dealkylation sites (N-methyl/N-ethyl adjacent to an activating group) is 1.